The Morgan fingerprint density at radius 2 is 1.93 bits per heavy atom. The van der Waals surface area contributed by atoms with Crippen molar-refractivity contribution in [3.8, 4) is 5.75 Å². The van der Waals surface area contributed by atoms with E-state index in [4.69, 9.17) is 0 Å². The van der Waals surface area contributed by atoms with Crippen molar-refractivity contribution in [2.45, 2.75) is 20.2 Å². The van der Waals surface area contributed by atoms with Crippen molar-refractivity contribution in [1.82, 2.24) is 4.98 Å². The van der Waals surface area contributed by atoms with Crippen LogP contribution in [0, 0.1) is 17.5 Å². The van der Waals surface area contributed by atoms with Crippen molar-refractivity contribution in [1.29, 1.82) is 0 Å². The van der Waals surface area contributed by atoms with Gasteiger partial charge in [-0.1, -0.05) is 0 Å². The van der Waals surface area contributed by atoms with E-state index in [1.54, 1.807) is 6.92 Å². The molecule has 1 aromatic rings. The summed E-state index contributed by atoms with van der Waals surface area (Å²) in [4.78, 5) is 3.91. The summed E-state index contributed by atoms with van der Waals surface area (Å²) in [5.74, 6) is -0.156. The van der Waals surface area contributed by atoms with Crippen LogP contribution >= 0.6 is 22.6 Å². The van der Waals surface area contributed by atoms with Crippen molar-refractivity contribution in [3.05, 3.63) is 21.0 Å². The highest BCUT2D eigenvalue weighted by Crippen LogP contribution is 2.30. The normalized spacial score (nSPS) is 11.6. The molecular formula is C8H7F3INO. The summed E-state index contributed by atoms with van der Waals surface area (Å²) in [5, 5.41) is 0. The van der Waals surface area contributed by atoms with Gasteiger partial charge in [-0.25, -0.2) is 4.98 Å². The van der Waals surface area contributed by atoms with Gasteiger partial charge in [0.1, 0.15) is 9.45 Å². The molecule has 2 nitrogen and oxygen atoms in total. The van der Waals surface area contributed by atoms with E-state index in [1.165, 1.54) is 13.1 Å². The highest BCUT2D eigenvalue weighted by atomic mass is 127. The van der Waals surface area contributed by atoms with Crippen molar-refractivity contribution in [2.75, 3.05) is 0 Å². The fraction of sp³-hybridized carbons (Fsp3) is 0.375. The van der Waals surface area contributed by atoms with E-state index >= 15 is 0 Å². The van der Waals surface area contributed by atoms with Gasteiger partial charge in [-0.2, -0.15) is 0 Å². The zero-order valence-electron chi connectivity index (χ0n) is 7.44. The third kappa shape index (κ3) is 2.73. The zero-order chi connectivity index (χ0) is 10.9. The molecule has 0 aliphatic heterocycles. The molecule has 1 rings (SSSR count). The molecule has 0 aliphatic carbocycles. The van der Waals surface area contributed by atoms with Crippen LogP contribution < -0.4 is 4.74 Å². The largest absolute Gasteiger partial charge is 0.573 e. The maximum atomic E-state index is 12.0. The van der Waals surface area contributed by atoms with Crippen LogP contribution in [0.3, 0.4) is 0 Å². The molecule has 0 aliphatic rings. The number of nitrogens with zero attached hydrogens (tertiary/aromatic N) is 1. The number of hydrogen-bond donors (Lipinski definition) is 0. The molecule has 0 amide bonds. The van der Waals surface area contributed by atoms with Crippen LogP contribution in [0.15, 0.2) is 6.20 Å². The first-order valence-corrected chi connectivity index (χ1v) is 4.76. The first-order chi connectivity index (χ1) is 6.31. The molecule has 0 N–H and O–H groups in total. The van der Waals surface area contributed by atoms with Crippen LogP contribution in [-0.4, -0.2) is 11.3 Å². The molecule has 78 valence electrons. The second-order valence-electron chi connectivity index (χ2n) is 2.73. The van der Waals surface area contributed by atoms with Crippen molar-refractivity contribution in [2.24, 2.45) is 0 Å². The minimum atomic E-state index is -4.65. The molecular weight excluding hydrogens is 310 g/mol. The van der Waals surface area contributed by atoms with Gasteiger partial charge >= 0.3 is 6.36 Å². The number of aryl methyl sites for hydroxylation is 1. The molecule has 6 heteroatoms. The number of ether oxygens (including phenoxy) is 1. The first kappa shape index (κ1) is 11.5. The van der Waals surface area contributed by atoms with Gasteiger partial charge in [-0.3, -0.25) is 0 Å². The predicted molar refractivity (Wildman–Crippen MR) is 53.1 cm³/mol. The van der Waals surface area contributed by atoms with Crippen LogP contribution in [0.4, 0.5) is 13.2 Å². The quantitative estimate of drug-likeness (QED) is 0.586. The minimum absolute atomic E-state index is 0.156. The summed E-state index contributed by atoms with van der Waals surface area (Å²) in [7, 11) is 0. The Bertz CT molecular complexity index is 351. The topological polar surface area (TPSA) is 22.1 Å². The molecule has 0 bridgehead atoms. The van der Waals surface area contributed by atoms with Crippen LogP contribution in [0.2, 0.25) is 0 Å². The predicted octanol–water partition coefficient (Wildman–Crippen LogP) is 3.20. The molecule has 0 saturated heterocycles. The van der Waals surface area contributed by atoms with Gasteiger partial charge in [-0.05, 0) is 36.4 Å². The summed E-state index contributed by atoms with van der Waals surface area (Å²) < 4.78 is 40.4. The Morgan fingerprint density at radius 3 is 2.43 bits per heavy atom. The molecule has 1 aromatic heterocycles. The summed E-state index contributed by atoms with van der Waals surface area (Å²) in [5.41, 5.74) is 0.781. The Morgan fingerprint density at radius 1 is 1.36 bits per heavy atom. The monoisotopic (exact) mass is 317 g/mol. The van der Waals surface area contributed by atoms with E-state index < -0.39 is 6.36 Å². The Hall–Kier alpha value is -0.530. The number of halogens is 4. The lowest BCUT2D eigenvalue weighted by Gasteiger charge is -2.13. The average Bonchev–Trinajstić information content (AvgIpc) is 2.04. The van der Waals surface area contributed by atoms with E-state index in [-0.39, 0.29) is 5.75 Å². The number of hydrogen-bond acceptors (Lipinski definition) is 2. The van der Waals surface area contributed by atoms with Gasteiger partial charge < -0.3 is 4.74 Å². The maximum absolute atomic E-state index is 12.0. The SMILES string of the molecule is Cc1cnc(I)c(C)c1OC(F)(F)F. The maximum Gasteiger partial charge on any atom is 0.573 e. The minimum Gasteiger partial charge on any atom is -0.405 e. The fourth-order valence-electron chi connectivity index (χ4n) is 0.971. The van der Waals surface area contributed by atoms with E-state index in [0.717, 1.165) is 0 Å². The van der Waals surface area contributed by atoms with Crippen LogP contribution in [0.25, 0.3) is 0 Å². The van der Waals surface area contributed by atoms with Gasteiger partial charge in [0.15, 0.2) is 0 Å². The number of pyridine rings is 1. The lowest BCUT2D eigenvalue weighted by Crippen LogP contribution is -2.19. The van der Waals surface area contributed by atoms with Crippen LogP contribution in [0.1, 0.15) is 11.1 Å². The molecule has 1 heterocycles. The van der Waals surface area contributed by atoms with Crippen molar-refractivity contribution < 1.29 is 17.9 Å². The van der Waals surface area contributed by atoms with Gasteiger partial charge in [0, 0.05) is 17.3 Å². The average molecular weight is 317 g/mol. The van der Waals surface area contributed by atoms with Gasteiger partial charge in [0.25, 0.3) is 0 Å². The molecule has 0 atom stereocenters. The lowest BCUT2D eigenvalue weighted by atomic mass is 10.2. The Balaban J connectivity index is 3.13. The van der Waals surface area contributed by atoms with Gasteiger partial charge in [-0.15, -0.1) is 13.2 Å². The summed E-state index contributed by atoms with van der Waals surface area (Å²) >= 11 is 1.86. The number of alkyl halides is 3. The molecule has 0 aromatic carbocycles. The van der Waals surface area contributed by atoms with E-state index in [9.17, 15) is 13.2 Å². The highest BCUT2D eigenvalue weighted by molar-refractivity contribution is 14.1. The second kappa shape index (κ2) is 3.92. The zero-order valence-corrected chi connectivity index (χ0v) is 9.60. The third-order valence-corrected chi connectivity index (χ3v) is 2.69. The molecule has 0 spiro atoms. The molecule has 14 heavy (non-hydrogen) atoms. The smallest absolute Gasteiger partial charge is 0.405 e. The lowest BCUT2D eigenvalue weighted by molar-refractivity contribution is -0.275. The van der Waals surface area contributed by atoms with Gasteiger partial charge in [0.05, 0.1) is 0 Å². The van der Waals surface area contributed by atoms with Crippen LogP contribution in [-0.2, 0) is 0 Å². The van der Waals surface area contributed by atoms with Crippen molar-refractivity contribution in [3.63, 3.8) is 0 Å². The van der Waals surface area contributed by atoms with Crippen LogP contribution in [0.5, 0.6) is 5.75 Å². The Labute approximate surface area is 92.6 Å². The van der Waals surface area contributed by atoms with E-state index in [1.807, 2.05) is 22.6 Å². The van der Waals surface area contributed by atoms with Crippen molar-refractivity contribution >= 4 is 22.6 Å². The molecule has 0 unspecified atom stereocenters. The summed E-state index contributed by atoms with van der Waals surface area (Å²) in [6.45, 7) is 3.07. The van der Waals surface area contributed by atoms with E-state index in [2.05, 4.69) is 9.72 Å². The Kier molecular flexibility index (Phi) is 3.23. The molecule has 0 radical (unpaired) electrons. The highest BCUT2D eigenvalue weighted by Gasteiger charge is 2.32. The second-order valence-corrected chi connectivity index (χ2v) is 3.76. The molecule has 0 saturated carbocycles. The number of aromatic nitrogens is 1. The fourth-order valence-corrected chi connectivity index (χ4v) is 1.36. The van der Waals surface area contributed by atoms with Gasteiger partial charge in [0.2, 0.25) is 0 Å². The first-order valence-electron chi connectivity index (χ1n) is 3.68. The summed E-state index contributed by atoms with van der Waals surface area (Å²) in [6, 6.07) is 0. The van der Waals surface area contributed by atoms with E-state index in [0.29, 0.717) is 14.8 Å². The summed E-state index contributed by atoms with van der Waals surface area (Å²) in [6.07, 6.45) is -3.30. The third-order valence-electron chi connectivity index (χ3n) is 1.60. The molecule has 0 fully saturated rings. The standard InChI is InChI=1S/C8H7F3INO/c1-4-3-13-7(12)5(2)6(4)14-8(9,10)11/h3H,1-2H3. The number of rotatable bonds is 1.